The molecule has 0 saturated carbocycles. The Labute approximate surface area is 141 Å². The lowest BCUT2D eigenvalue weighted by atomic mass is 9.92. The molecule has 0 bridgehead atoms. The standard InChI is InChI=1S/C18H24F2N2O2/c1-11-7-15(8-12(2)16(11)24-18(19)20)17(23)22-5-3-13-9-21-10-14(13)4-6-22/h7-8,13-14,18,21H,3-6,9-10H2,1-2H3/t13-,14+. The molecule has 2 atom stereocenters. The van der Waals surface area contributed by atoms with Gasteiger partial charge in [-0.15, -0.1) is 0 Å². The maximum absolute atomic E-state index is 12.8. The van der Waals surface area contributed by atoms with Gasteiger partial charge in [-0.2, -0.15) is 8.78 Å². The van der Waals surface area contributed by atoms with Gasteiger partial charge in [0, 0.05) is 18.7 Å². The number of hydrogen-bond donors (Lipinski definition) is 1. The average Bonchev–Trinajstić information content (AvgIpc) is 2.88. The van der Waals surface area contributed by atoms with E-state index >= 15 is 0 Å². The summed E-state index contributed by atoms with van der Waals surface area (Å²) in [6, 6.07) is 3.31. The van der Waals surface area contributed by atoms with Gasteiger partial charge in [0.1, 0.15) is 5.75 Å². The van der Waals surface area contributed by atoms with E-state index in [1.165, 1.54) is 0 Å². The number of amides is 1. The number of halogens is 2. The van der Waals surface area contributed by atoms with Crippen LogP contribution in [0, 0.1) is 25.7 Å². The molecule has 1 aromatic carbocycles. The molecule has 1 N–H and O–H groups in total. The van der Waals surface area contributed by atoms with Gasteiger partial charge in [0.05, 0.1) is 0 Å². The maximum atomic E-state index is 12.8. The minimum Gasteiger partial charge on any atom is -0.434 e. The van der Waals surface area contributed by atoms with Gasteiger partial charge >= 0.3 is 6.61 Å². The van der Waals surface area contributed by atoms with Crippen molar-refractivity contribution in [2.45, 2.75) is 33.3 Å². The molecule has 132 valence electrons. The number of aryl methyl sites for hydroxylation is 2. The van der Waals surface area contributed by atoms with Gasteiger partial charge in [0.2, 0.25) is 0 Å². The molecular formula is C18H24F2N2O2. The first-order valence-electron chi connectivity index (χ1n) is 8.51. The molecule has 2 aliphatic rings. The van der Waals surface area contributed by atoms with E-state index in [2.05, 4.69) is 10.1 Å². The zero-order valence-electron chi connectivity index (χ0n) is 14.1. The minimum absolute atomic E-state index is 0.0160. The van der Waals surface area contributed by atoms with Gasteiger partial charge in [-0.3, -0.25) is 4.79 Å². The highest BCUT2D eigenvalue weighted by molar-refractivity contribution is 5.95. The molecule has 0 spiro atoms. The number of carbonyl (C=O) groups excluding carboxylic acids is 1. The van der Waals surface area contributed by atoms with Crippen molar-refractivity contribution in [3.8, 4) is 5.75 Å². The third kappa shape index (κ3) is 3.53. The van der Waals surface area contributed by atoms with Gasteiger partial charge < -0.3 is 15.0 Å². The normalized spacial score (nSPS) is 24.0. The van der Waals surface area contributed by atoms with E-state index in [-0.39, 0.29) is 11.7 Å². The third-order valence-corrected chi connectivity index (χ3v) is 5.22. The fourth-order valence-electron chi connectivity index (χ4n) is 3.95. The van der Waals surface area contributed by atoms with Crippen LogP contribution in [0.15, 0.2) is 12.1 Å². The van der Waals surface area contributed by atoms with E-state index in [4.69, 9.17) is 0 Å². The Kier molecular flexibility index (Phi) is 5.04. The molecule has 4 nitrogen and oxygen atoms in total. The topological polar surface area (TPSA) is 41.6 Å². The lowest BCUT2D eigenvalue weighted by Gasteiger charge is -2.22. The van der Waals surface area contributed by atoms with Gasteiger partial charge in [-0.25, -0.2) is 0 Å². The summed E-state index contributed by atoms with van der Waals surface area (Å²) in [5.41, 5.74) is 1.68. The number of rotatable bonds is 3. The van der Waals surface area contributed by atoms with E-state index in [1.54, 1.807) is 26.0 Å². The number of fused-ring (bicyclic) bond motifs is 1. The second-order valence-electron chi connectivity index (χ2n) is 6.87. The summed E-state index contributed by atoms with van der Waals surface area (Å²) in [5, 5.41) is 3.43. The number of carbonyl (C=O) groups is 1. The van der Waals surface area contributed by atoms with E-state index in [0.717, 1.165) is 39.0 Å². The number of ether oxygens (including phenoxy) is 1. The second-order valence-corrected chi connectivity index (χ2v) is 6.87. The lowest BCUT2D eigenvalue weighted by Crippen LogP contribution is -2.32. The summed E-state index contributed by atoms with van der Waals surface area (Å²) in [5.74, 6) is 1.47. The zero-order chi connectivity index (χ0) is 17.3. The number of hydrogen-bond acceptors (Lipinski definition) is 3. The molecule has 3 rings (SSSR count). The van der Waals surface area contributed by atoms with Crippen molar-refractivity contribution in [2.24, 2.45) is 11.8 Å². The van der Waals surface area contributed by atoms with E-state index in [9.17, 15) is 13.6 Å². The Morgan fingerprint density at radius 1 is 1.17 bits per heavy atom. The number of alkyl halides is 2. The van der Waals surface area contributed by atoms with Gasteiger partial charge in [-0.05, 0) is 74.9 Å². The first-order chi connectivity index (χ1) is 11.5. The predicted octanol–water partition coefficient (Wildman–Crippen LogP) is 2.98. The van der Waals surface area contributed by atoms with Crippen LogP contribution in [0.4, 0.5) is 8.78 Å². The van der Waals surface area contributed by atoms with Crippen LogP contribution in [-0.2, 0) is 0 Å². The van der Waals surface area contributed by atoms with Crippen molar-refractivity contribution >= 4 is 5.91 Å². The van der Waals surface area contributed by atoms with Crippen LogP contribution >= 0.6 is 0 Å². The lowest BCUT2D eigenvalue weighted by molar-refractivity contribution is -0.0507. The summed E-state index contributed by atoms with van der Waals surface area (Å²) in [7, 11) is 0. The minimum atomic E-state index is -2.86. The highest BCUT2D eigenvalue weighted by Gasteiger charge is 2.31. The Morgan fingerprint density at radius 2 is 1.71 bits per heavy atom. The molecular weight excluding hydrogens is 314 g/mol. The van der Waals surface area contributed by atoms with Crippen molar-refractivity contribution in [3.63, 3.8) is 0 Å². The summed E-state index contributed by atoms with van der Waals surface area (Å²) in [4.78, 5) is 14.7. The maximum Gasteiger partial charge on any atom is 0.387 e. The number of benzene rings is 1. The van der Waals surface area contributed by atoms with Gasteiger partial charge in [0.25, 0.3) is 5.91 Å². The molecule has 0 aliphatic carbocycles. The van der Waals surface area contributed by atoms with Crippen LogP contribution < -0.4 is 10.1 Å². The van der Waals surface area contributed by atoms with Gasteiger partial charge in [-0.1, -0.05) is 0 Å². The average molecular weight is 338 g/mol. The van der Waals surface area contributed by atoms with Crippen LogP contribution in [-0.4, -0.2) is 43.6 Å². The summed E-state index contributed by atoms with van der Waals surface area (Å²) in [6.07, 6.45) is 2.04. The fraction of sp³-hybridized carbons (Fsp3) is 0.611. The Bertz CT molecular complexity index is 584. The molecule has 2 aliphatic heterocycles. The van der Waals surface area contributed by atoms with Crippen LogP contribution in [0.25, 0.3) is 0 Å². The molecule has 1 aromatic rings. The predicted molar refractivity (Wildman–Crippen MR) is 87.5 cm³/mol. The van der Waals surface area contributed by atoms with Crippen LogP contribution in [0.5, 0.6) is 5.75 Å². The van der Waals surface area contributed by atoms with E-state index < -0.39 is 6.61 Å². The van der Waals surface area contributed by atoms with Crippen molar-refractivity contribution in [1.29, 1.82) is 0 Å². The molecule has 2 saturated heterocycles. The molecule has 1 amide bonds. The number of nitrogens with zero attached hydrogens (tertiary/aromatic N) is 1. The first kappa shape index (κ1) is 17.1. The Balaban J connectivity index is 1.75. The number of likely N-dealkylation sites (tertiary alicyclic amines) is 1. The highest BCUT2D eigenvalue weighted by atomic mass is 19.3. The SMILES string of the molecule is Cc1cc(C(=O)N2CC[C@@H]3CNC[C@@H]3CC2)cc(C)c1OC(F)F. The Hall–Kier alpha value is -1.69. The fourth-order valence-corrected chi connectivity index (χ4v) is 3.95. The van der Waals surface area contributed by atoms with E-state index in [1.807, 2.05) is 4.90 Å². The molecule has 6 heteroatoms. The van der Waals surface area contributed by atoms with Crippen molar-refractivity contribution in [2.75, 3.05) is 26.2 Å². The first-order valence-corrected chi connectivity index (χ1v) is 8.51. The molecule has 0 aromatic heterocycles. The Morgan fingerprint density at radius 3 is 2.21 bits per heavy atom. The van der Waals surface area contributed by atoms with E-state index in [0.29, 0.717) is 28.5 Å². The van der Waals surface area contributed by atoms with Gasteiger partial charge in [0.15, 0.2) is 0 Å². The molecule has 24 heavy (non-hydrogen) atoms. The van der Waals surface area contributed by atoms with Crippen LogP contribution in [0.1, 0.15) is 34.3 Å². The van der Waals surface area contributed by atoms with Crippen LogP contribution in [0.2, 0.25) is 0 Å². The second kappa shape index (κ2) is 7.05. The summed E-state index contributed by atoms with van der Waals surface area (Å²) >= 11 is 0. The number of nitrogens with one attached hydrogen (secondary N) is 1. The molecule has 2 heterocycles. The summed E-state index contributed by atoms with van der Waals surface area (Å²) in [6.45, 7) is 4.14. The van der Waals surface area contributed by atoms with Crippen LogP contribution in [0.3, 0.4) is 0 Å². The van der Waals surface area contributed by atoms with Crippen molar-refractivity contribution in [1.82, 2.24) is 10.2 Å². The monoisotopic (exact) mass is 338 g/mol. The largest absolute Gasteiger partial charge is 0.434 e. The van der Waals surface area contributed by atoms with Crippen molar-refractivity contribution < 1.29 is 18.3 Å². The molecule has 0 radical (unpaired) electrons. The summed E-state index contributed by atoms with van der Waals surface area (Å²) < 4.78 is 29.5. The molecule has 0 unspecified atom stereocenters. The zero-order valence-corrected chi connectivity index (χ0v) is 14.1. The van der Waals surface area contributed by atoms with Crippen molar-refractivity contribution in [3.05, 3.63) is 28.8 Å². The third-order valence-electron chi connectivity index (χ3n) is 5.22. The molecule has 2 fully saturated rings. The smallest absolute Gasteiger partial charge is 0.387 e. The quantitative estimate of drug-likeness (QED) is 0.921. The highest BCUT2D eigenvalue weighted by Crippen LogP contribution is 2.30.